The second kappa shape index (κ2) is 5.77. The first kappa shape index (κ1) is 15.1. The van der Waals surface area contributed by atoms with Crippen LogP contribution in [0.25, 0.3) is 0 Å². The van der Waals surface area contributed by atoms with E-state index < -0.39 is 22.4 Å². The van der Waals surface area contributed by atoms with Crippen LogP contribution in [0.1, 0.15) is 45.7 Å². The Morgan fingerprint density at radius 3 is 2.63 bits per heavy atom. The summed E-state index contributed by atoms with van der Waals surface area (Å²) >= 11 is 0. The van der Waals surface area contributed by atoms with Gasteiger partial charge < -0.3 is 4.74 Å². The highest BCUT2D eigenvalue weighted by molar-refractivity contribution is 5.79. The number of ether oxygens (including phenoxy) is 1. The lowest BCUT2D eigenvalue weighted by atomic mass is 10.00. The van der Waals surface area contributed by atoms with Crippen molar-refractivity contribution in [1.29, 1.82) is 0 Å². The van der Waals surface area contributed by atoms with E-state index in [9.17, 15) is 14.9 Å². The van der Waals surface area contributed by atoms with E-state index in [1.165, 1.54) is 18.3 Å². The van der Waals surface area contributed by atoms with E-state index in [1.807, 2.05) is 0 Å². The number of rotatable bonds is 4. The topological polar surface area (TPSA) is 82.3 Å². The van der Waals surface area contributed by atoms with Gasteiger partial charge in [0.15, 0.2) is 0 Å². The van der Waals surface area contributed by atoms with Crippen LogP contribution in [0.3, 0.4) is 0 Å². The van der Waals surface area contributed by atoms with E-state index in [1.54, 1.807) is 27.7 Å². The maximum Gasteiger partial charge on any atom is 0.315 e. The van der Waals surface area contributed by atoms with Crippen molar-refractivity contribution in [1.82, 2.24) is 4.98 Å². The van der Waals surface area contributed by atoms with E-state index in [4.69, 9.17) is 4.74 Å². The molecule has 104 valence electrons. The minimum atomic E-state index is -0.721. The van der Waals surface area contributed by atoms with Gasteiger partial charge in [-0.05, 0) is 33.3 Å². The highest BCUT2D eigenvalue weighted by atomic mass is 16.6. The van der Waals surface area contributed by atoms with Crippen LogP contribution in [0.2, 0.25) is 0 Å². The summed E-state index contributed by atoms with van der Waals surface area (Å²) in [5.41, 5.74) is -0.627. The monoisotopic (exact) mass is 266 g/mol. The molecule has 0 N–H and O–H groups in total. The van der Waals surface area contributed by atoms with Gasteiger partial charge in [-0.2, -0.15) is 0 Å². The van der Waals surface area contributed by atoms with Gasteiger partial charge in [0.1, 0.15) is 17.2 Å². The predicted molar refractivity (Wildman–Crippen MR) is 69.8 cm³/mol. The van der Waals surface area contributed by atoms with Gasteiger partial charge in [-0.25, -0.2) is 0 Å². The standard InChI is InChI=1S/C13H18N2O4/c1-5-9(12(16)19-13(2,3)4)11-10(15(17)18)7-6-8-14-11/h6-9H,5H2,1-4H3. The average molecular weight is 266 g/mol. The van der Waals surface area contributed by atoms with Crippen LogP contribution < -0.4 is 0 Å². The average Bonchev–Trinajstić information content (AvgIpc) is 2.28. The fourth-order valence-corrected chi connectivity index (χ4v) is 1.68. The van der Waals surface area contributed by atoms with Crippen molar-refractivity contribution in [3.8, 4) is 0 Å². The number of nitrogens with zero attached hydrogens (tertiary/aromatic N) is 2. The second-order valence-corrected chi connectivity index (χ2v) is 5.16. The fourth-order valence-electron chi connectivity index (χ4n) is 1.68. The Hall–Kier alpha value is -1.98. The zero-order chi connectivity index (χ0) is 14.6. The lowest BCUT2D eigenvalue weighted by Gasteiger charge is -2.23. The summed E-state index contributed by atoms with van der Waals surface area (Å²) in [7, 11) is 0. The Kier molecular flexibility index (Phi) is 4.58. The number of hydrogen-bond donors (Lipinski definition) is 0. The summed E-state index contributed by atoms with van der Waals surface area (Å²) < 4.78 is 5.28. The maximum absolute atomic E-state index is 12.1. The quantitative estimate of drug-likeness (QED) is 0.475. The summed E-state index contributed by atoms with van der Waals surface area (Å²) in [5.74, 6) is -1.21. The summed E-state index contributed by atoms with van der Waals surface area (Å²) in [6.45, 7) is 7.03. The number of esters is 1. The van der Waals surface area contributed by atoms with Crippen molar-refractivity contribution in [2.75, 3.05) is 0 Å². The van der Waals surface area contributed by atoms with E-state index in [-0.39, 0.29) is 11.4 Å². The lowest BCUT2D eigenvalue weighted by molar-refractivity contribution is -0.386. The molecule has 0 aliphatic rings. The minimum absolute atomic E-state index is 0.153. The second-order valence-electron chi connectivity index (χ2n) is 5.16. The predicted octanol–water partition coefficient (Wildman–Crippen LogP) is 2.83. The molecule has 0 bridgehead atoms. The van der Waals surface area contributed by atoms with Crippen LogP contribution in [0.4, 0.5) is 5.69 Å². The Bertz CT molecular complexity index is 480. The molecule has 0 aliphatic carbocycles. The molecule has 0 spiro atoms. The van der Waals surface area contributed by atoms with Crippen LogP contribution in [0.15, 0.2) is 18.3 Å². The molecule has 0 saturated carbocycles. The Morgan fingerprint density at radius 2 is 2.16 bits per heavy atom. The van der Waals surface area contributed by atoms with Gasteiger partial charge in [-0.1, -0.05) is 6.92 Å². The van der Waals surface area contributed by atoms with E-state index >= 15 is 0 Å². The largest absolute Gasteiger partial charge is 0.459 e. The molecule has 1 heterocycles. The van der Waals surface area contributed by atoms with Gasteiger partial charge in [-0.3, -0.25) is 19.9 Å². The summed E-state index contributed by atoms with van der Waals surface area (Å²) in [6, 6.07) is 2.82. The molecule has 1 aromatic heterocycles. The van der Waals surface area contributed by atoms with Gasteiger partial charge in [0.25, 0.3) is 5.69 Å². The first-order valence-corrected chi connectivity index (χ1v) is 6.08. The van der Waals surface area contributed by atoms with Crippen molar-refractivity contribution in [3.05, 3.63) is 34.1 Å². The van der Waals surface area contributed by atoms with Crippen LogP contribution in [-0.2, 0) is 9.53 Å². The molecule has 6 nitrogen and oxygen atoms in total. The molecule has 1 rings (SSSR count). The van der Waals surface area contributed by atoms with Crippen LogP contribution in [-0.4, -0.2) is 21.5 Å². The number of carbonyl (C=O) groups is 1. The summed E-state index contributed by atoms with van der Waals surface area (Å²) in [6.07, 6.45) is 1.84. The molecule has 1 aromatic rings. The zero-order valence-electron chi connectivity index (χ0n) is 11.5. The maximum atomic E-state index is 12.1. The van der Waals surface area contributed by atoms with Crippen molar-refractivity contribution < 1.29 is 14.5 Å². The van der Waals surface area contributed by atoms with E-state index in [0.29, 0.717) is 6.42 Å². The first-order chi connectivity index (χ1) is 8.76. The van der Waals surface area contributed by atoms with Gasteiger partial charge in [0, 0.05) is 12.3 Å². The third-order valence-corrected chi connectivity index (χ3v) is 2.44. The Labute approximate surface area is 111 Å². The molecule has 0 fully saturated rings. The molecule has 6 heteroatoms. The van der Waals surface area contributed by atoms with Crippen LogP contribution in [0, 0.1) is 10.1 Å². The third-order valence-electron chi connectivity index (χ3n) is 2.44. The molecule has 0 amide bonds. The minimum Gasteiger partial charge on any atom is -0.459 e. The normalized spacial score (nSPS) is 12.8. The number of nitro groups is 1. The molecule has 1 atom stereocenters. The highest BCUT2D eigenvalue weighted by Gasteiger charge is 2.31. The van der Waals surface area contributed by atoms with Crippen molar-refractivity contribution >= 4 is 11.7 Å². The number of aromatic nitrogens is 1. The Balaban J connectivity index is 3.10. The molecular formula is C13H18N2O4. The van der Waals surface area contributed by atoms with E-state index in [2.05, 4.69) is 4.98 Å². The van der Waals surface area contributed by atoms with Crippen molar-refractivity contribution in [2.24, 2.45) is 0 Å². The Morgan fingerprint density at radius 1 is 1.53 bits per heavy atom. The molecule has 19 heavy (non-hydrogen) atoms. The molecular weight excluding hydrogens is 248 g/mol. The fraction of sp³-hybridized carbons (Fsp3) is 0.538. The zero-order valence-corrected chi connectivity index (χ0v) is 11.5. The summed E-state index contributed by atoms with van der Waals surface area (Å²) in [4.78, 5) is 26.5. The molecule has 1 unspecified atom stereocenters. The van der Waals surface area contributed by atoms with Crippen LogP contribution in [0.5, 0.6) is 0 Å². The van der Waals surface area contributed by atoms with Gasteiger partial charge >= 0.3 is 5.97 Å². The smallest absolute Gasteiger partial charge is 0.315 e. The lowest BCUT2D eigenvalue weighted by Crippen LogP contribution is -2.28. The molecule has 0 saturated heterocycles. The molecule has 0 aliphatic heterocycles. The van der Waals surface area contributed by atoms with Gasteiger partial charge in [0.05, 0.1) is 4.92 Å². The number of carbonyl (C=O) groups excluding carboxylic acids is 1. The summed E-state index contributed by atoms with van der Waals surface area (Å²) in [5, 5.41) is 11.0. The van der Waals surface area contributed by atoms with Crippen molar-refractivity contribution in [3.63, 3.8) is 0 Å². The van der Waals surface area contributed by atoms with Gasteiger partial charge in [0.2, 0.25) is 0 Å². The van der Waals surface area contributed by atoms with Crippen molar-refractivity contribution in [2.45, 2.75) is 45.6 Å². The van der Waals surface area contributed by atoms with E-state index in [0.717, 1.165) is 0 Å². The number of hydrogen-bond acceptors (Lipinski definition) is 5. The first-order valence-electron chi connectivity index (χ1n) is 6.08. The highest BCUT2D eigenvalue weighted by Crippen LogP contribution is 2.28. The third kappa shape index (κ3) is 4.01. The molecule has 0 aromatic carbocycles. The van der Waals surface area contributed by atoms with Crippen LogP contribution >= 0.6 is 0 Å². The molecule has 0 radical (unpaired) electrons. The van der Waals surface area contributed by atoms with Gasteiger partial charge in [-0.15, -0.1) is 0 Å². The number of pyridine rings is 1. The SMILES string of the molecule is CCC(C(=O)OC(C)(C)C)c1ncccc1[N+](=O)[O-].